The second kappa shape index (κ2) is 7.73. The number of pyridine rings is 2. The van der Waals surface area contributed by atoms with Gasteiger partial charge >= 0.3 is 0 Å². The minimum atomic E-state index is 0.462. The predicted molar refractivity (Wildman–Crippen MR) is 109 cm³/mol. The first kappa shape index (κ1) is 18.0. The van der Waals surface area contributed by atoms with Crippen LogP contribution in [0.4, 0.5) is 0 Å². The van der Waals surface area contributed by atoms with Crippen molar-refractivity contribution in [3.05, 3.63) is 54.4 Å². The van der Waals surface area contributed by atoms with E-state index in [1.54, 1.807) is 10.8 Å². The molecule has 5 rings (SSSR count). The van der Waals surface area contributed by atoms with Gasteiger partial charge in [-0.15, -0.1) is 0 Å². The minimum Gasteiger partial charge on any atom is -0.381 e. The number of fused-ring (bicyclic) bond motifs is 1. The normalized spacial score (nSPS) is 15.2. The summed E-state index contributed by atoms with van der Waals surface area (Å²) in [7, 11) is 0. The summed E-state index contributed by atoms with van der Waals surface area (Å²) in [5.41, 5.74) is 5.40. The Labute approximate surface area is 168 Å². The molecule has 29 heavy (non-hydrogen) atoms. The molecule has 0 aliphatic carbocycles. The van der Waals surface area contributed by atoms with Crippen LogP contribution in [-0.2, 0) is 11.3 Å². The Morgan fingerprint density at radius 3 is 2.93 bits per heavy atom. The van der Waals surface area contributed by atoms with Crippen LogP contribution in [0.3, 0.4) is 0 Å². The second-order valence-electron chi connectivity index (χ2n) is 7.32. The second-order valence-corrected chi connectivity index (χ2v) is 7.32. The van der Waals surface area contributed by atoms with E-state index in [4.69, 9.17) is 14.7 Å². The van der Waals surface area contributed by atoms with Crippen molar-refractivity contribution in [3.63, 3.8) is 0 Å². The van der Waals surface area contributed by atoms with E-state index in [2.05, 4.69) is 20.4 Å². The SMILES string of the molecule is Cc1cccc(-c2nc(CNC3CCOCC3)[nH]c2-c2ccc3ncnn3c2)n1. The van der Waals surface area contributed by atoms with Crippen LogP contribution in [0.1, 0.15) is 24.4 Å². The summed E-state index contributed by atoms with van der Waals surface area (Å²) < 4.78 is 7.21. The van der Waals surface area contributed by atoms with Crippen LogP contribution in [0.2, 0.25) is 0 Å². The zero-order valence-corrected chi connectivity index (χ0v) is 16.3. The van der Waals surface area contributed by atoms with Crippen LogP contribution in [0.15, 0.2) is 42.9 Å². The Kier molecular flexibility index (Phi) is 4.79. The third-order valence-corrected chi connectivity index (χ3v) is 5.23. The fraction of sp³-hybridized carbons (Fsp3) is 0.333. The van der Waals surface area contributed by atoms with Gasteiger partial charge in [-0.2, -0.15) is 5.10 Å². The fourth-order valence-corrected chi connectivity index (χ4v) is 3.68. The molecule has 8 heteroatoms. The summed E-state index contributed by atoms with van der Waals surface area (Å²) in [5, 5.41) is 7.85. The number of aryl methyl sites for hydroxylation is 1. The van der Waals surface area contributed by atoms with Gasteiger partial charge in [0.1, 0.15) is 17.8 Å². The predicted octanol–water partition coefficient (Wildman–Crippen LogP) is 2.76. The average molecular weight is 389 g/mol. The maximum absolute atomic E-state index is 5.45. The van der Waals surface area contributed by atoms with Gasteiger partial charge in [-0.1, -0.05) is 6.07 Å². The lowest BCUT2D eigenvalue weighted by Gasteiger charge is -2.22. The zero-order valence-electron chi connectivity index (χ0n) is 16.3. The van der Waals surface area contributed by atoms with Gasteiger partial charge in [-0.05, 0) is 44.0 Å². The number of nitrogens with one attached hydrogen (secondary N) is 2. The van der Waals surface area contributed by atoms with Crippen molar-refractivity contribution in [1.29, 1.82) is 0 Å². The Hall–Kier alpha value is -3.10. The molecule has 1 aliphatic heterocycles. The number of rotatable bonds is 5. The van der Waals surface area contributed by atoms with Gasteiger partial charge in [-0.3, -0.25) is 4.98 Å². The molecule has 4 aromatic heterocycles. The number of hydrogen-bond donors (Lipinski definition) is 2. The molecule has 0 amide bonds. The van der Waals surface area contributed by atoms with E-state index < -0.39 is 0 Å². The highest BCUT2D eigenvalue weighted by atomic mass is 16.5. The van der Waals surface area contributed by atoms with Crippen molar-refractivity contribution in [2.24, 2.45) is 0 Å². The maximum Gasteiger partial charge on any atom is 0.155 e. The first-order valence-corrected chi connectivity index (χ1v) is 9.90. The van der Waals surface area contributed by atoms with Crippen LogP contribution in [-0.4, -0.2) is 48.8 Å². The molecular weight excluding hydrogens is 366 g/mol. The fourth-order valence-electron chi connectivity index (χ4n) is 3.68. The van der Waals surface area contributed by atoms with Crippen LogP contribution in [0.25, 0.3) is 28.3 Å². The molecule has 0 bridgehead atoms. The smallest absolute Gasteiger partial charge is 0.155 e. The number of aromatic nitrogens is 6. The van der Waals surface area contributed by atoms with Crippen molar-refractivity contribution < 1.29 is 4.74 Å². The Balaban J connectivity index is 1.51. The van der Waals surface area contributed by atoms with Crippen LogP contribution in [0.5, 0.6) is 0 Å². The highest BCUT2D eigenvalue weighted by Crippen LogP contribution is 2.29. The third kappa shape index (κ3) is 3.76. The first-order valence-electron chi connectivity index (χ1n) is 9.90. The highest BCUT2D eigenvalue weighted by Gasteiger charge is 2.18. The molecule has 2 N–H and O–H groups in total. The molecular formula is C21H23N7O. The van der Waals surface area contributed by atoms with Crippen molar-refractivity contribution >= 4 is 5.65 Å². The number of ether oxygens (including phenoxy) is 1. The minimum absolute atomic E-state index is 0.462. The summed E-state index contributed by atoms with van der Waals surface area (Å²) in [6, 6.07) is 10.4. The molecule has 0 atom stereocenters. The van der Waals surface area contributed by atoms with Crippen molar-refractivity contribution in [1.82, 2.24) is 34.9 Å². The van der Waals surface area contributed by atoms with Gasteiger partial charge < -0.3 is 15.0 Å². The molecule has 0 unspecified atom stereocenters. The quantitative estimate of drug-likeness (QED) is 0.545. The number of nitrogens with zero attached hydrogens (tertiary/aromatic N) is 5. The molecule has 0 aromatic carbocycles. The lowest BCUT2D eigenvalue weighted by atomic mass is 10.1. The summed E-state index contributed by atoms with van der Waals surface area (Å²) in [4.78, 5) is 17.3. The molecule has 1 aliphatic rings. The lowest BCUT2D eigenvalue weighted by molar-refractivity contribution is 0.0774. The van der Waals surface area contributed by atoms with Gasteiger partial charge in [0.2, 0.25) is 0 Å². The van der Waals surface area contributed by atoms with Crippen LogP contribution >= 0.6 is 0 Å². The molecule has 1 fully saturated rings. The molecule has 0 spiro atoms. The Morgan fingerprint density at radius 1 is 1.17 bits per heavy atom. The van der Waals surface area contributed by atoms with E-state index in [-0.39, 0.29) is 0 Å². The van der Waals surface area contributed by atoms with E-state index in [1.165, 1.54) is 0 Å². The molecule has 0 saturated carbocycles. The summed E-state index contributed by atoms with van der Waals surface area (Å²) >= 11 is 0. The largest absolute Gasteiger partial charge is 0.381 e. The van der Waals surface area contributed by atoms with Crippen molar-refractivity contribution in [3.8, 4) is 22.6 Å². The Morgan fingerprint density at radius 2 is 2.07 bits per heavy atom. The zero-order chi connectivity index (χ0) is 19.6. The highest BCUT2D eigenvalue weighted by molar-refractivity contribution is 5.77. The van der Waals surface area contributed by atoms with Crippen molar-refractivity contribution in [2.75, 3.05) is 13.2 Å². The molecule has 4 aromatic rings. The maximum atomic E-state index is 5.45. The van der Waals surface area contributed by atoms with Gasteiger partial charge in [-0.25, -0.2) is 14.5 Å². The number of hydrogen-bond acceptors (Lipinski definition) is 6. The van der Waals surface area contributed by atoms with Gasteiger partial charge in [0.15, 0.2) is 5.65 Å². The molecule has 0 radical (unpaired) electrons. The van der Waals surface area contributed by atoms with Crippen LogP contribution in [0, 0.1) is 6.92 Å². The summed E-state index contributed by atoms with van der Waals surface area (Å²) in [5.74, 6) is 0.892. The molecule has 5 heterocycles. The molecule has 8 nitrogen and oxygen atoms in total. The first-order chi connectivity index (χ1) is 14.3. The van der Waals surface area contributed by atoms with Gasteiger partial charge in [0, 0.05) is 36.7 Å². The topological polar surface area (TPSA) is 93.0 Å². The standard InChI is InChI=1S/C21H23N7O/c1-14-3-2-4-17(25-14)21-20(15-5-6-19-23-13-24-28(19)12-15)26-18(27-21)11-22-16-7-9-29-10-8-16/h2-6,12-13,16,22H,7-11H2,1H3,(H,26,27). The number of H-pyrrole nitrogens is 1. The van der Waals surface area contributed by atoms with E-state index in [9.17, 15) is 0 Å². The van der Waals surface area contributed by atoms with E-state index in [0.717, 1.165) is 65.9 Å². The van der Waals surface area contributed by atoms with Crippen molar-refractivity contribution in [2.45, 2.75) is 32.4 Å². The summed E-state index contributed by atoms with van der Waals surface area (Å²) in [6.07, 6.45) is 5.58. The average Bonchev–Trinajstić information content (AvgIpc) is 3.39. The Bertz CT molecular complexity index is 1130. The van der Waals surface area contributed by atoms with Gasteiger partial charge in [0.05, 0.1) is 17.9 Å². The lowest BCUT2D eigenvalue weighted by Crippen LogP contribution is -2.34. The van der Waals surface area contributed by atoms with E-state index >= 15 is 0 Å². The van der Waals surface area contributed by atoms with Crippen LogP contribution < -0.4 is 5.32 Å². The third-order valence-electron chi connectivity index (χ3n) is 5.23. The molecule has 1 saturated heterocycles. The summed E-state index contributed by atoms with van der Waals surface area (Å²) in [6.45, 7) is 4.30. The number of aromatic amines is 1. The molecule has 148 valence electrons. The van der Waals surface area contributed by atoms with E-state index in [1.807, 2.05) is 43.5 Å². The number of imidazole rings is 1. The van der Waals surface area contributed by atoms with Gasteiger partial charge in [0.25, 0.3) is 0 Å². The van der Waals surface area contributed by atoms with E-state index in [0.29, 0.717) is 12.6 Å². The monoisotopic (exact) mass is 389 g/mol.